The molecule has 1 amide bonds. The van der Waals surface area contributed by atoms with Crippen LogP contribution >= 0.6 is 0 Å². The Kier molecular flexibility index (Phi) is 6.57. The molecule has 0 atom stereocenters. The van der Waals surface area contributed by atoms with Crippen LogP contribution in [-0.4, -0.2) is 44.3 Å². The highest BCUT2D eigenvalue weighted by atomic mass is 16.7. The molecule has 1 N–H and O–H groups in total. The van der Waals surface area contributed by atoms with Crippen LogP contribution in [0.4, 0.5) is 0 Å². The summed E-state index contributed by atoms with van der Waals surface area (Å²) in [6.07, 6.45) is 1.65. The number of hydrogen-bond donors (Lipinski definition) is 1. The van der Waals surface area contributed by atoms with Gasteiger partial charge in [0.25, 0.3) is 0 Å². The molecule has 0 spiro atoms. The van der Waals surface area contributed by atoms with Gasteiger partial charge >= 0.3 is 0 Å². The van der Waals surface area contributed by atoms with Crippen LogP contribution < -0.4 is 14.9 Å². The molecule has 0 aliphatic carbocycles. The number of hydrazone groups is 1. The smallest absolute Gasteiger partial charge is 0.245 e. The summed E-state index contributed by atoms with van der Waals surface area (Å²) in [5.74, 6) is 0.200. The lowest BCUT2D eigenvalue weighted by Gasteiger charge is -2.20. The van der Waals surface area contributed by atoms with Gasteiger partial charge in [-0.3, -0.25) is 4.79 Å². The minimum absolute atomic E-state index is 0.0951. The van der Waals surface area contributed by atoms with Gasteiger partial charge in [-0.05, 0) is 44.5 Å². The van der Waals surface area contributed by atoms with Gasteiger partial charge in [-0.1, -0.05) is 0 Å². The molecular weight excluding hydrogens is 312 g/mol. The lowest BCUT2D eigenvalue weighted by Crippen LogP contribution is -2.33. The van der Waals surface area contributed by atoms with Crippen molar-refractivity contribution in [3.8, 4) is 11.5 Å². The van der Waals surface area contributed by atoms with E-state index in [0.29, 0.717) is 37.9 Å². The molecule has 1 aromatic rings. The van der Waals surface area contributed by atoms with Crippen LogP contribution in [0.1, 0.15) is 32.8 Å². The molecule has 1 saturated heterocycles. The van der Waals surface area contributed by atoms with E-state index in [9.17, 15) is 4.79 Å². The largest absolute Gasteiger partial charge is 0.490 e. The SMILES string of the molecule is CCOc1ccc(C=NNC(=O)CC2(C)OCCO2)cc1OCC. The number of amides is 1. The first-order chi connectivity index (χ1) is 11.6. The molecule has 7 nitrogen and oxygen atoms in total. The maximum atomic E-state index is 11.9. The summed E-state index contributed by atoms with van der Waals surface area (Å²) in [4.78, 5) is 11.9. The highest BCUT2D eigenvalue weighted by molar-refractivity contribution is 5.83. The van der Waals surface area contributed by atoms with Crippen molar-refractivity contribution in [2.75, 3.05) is 26.4 Å². The number of rotatable bonds is 8. The van der Waals surface area contributed by atoms with Gasteiger partial charge < -0.3 is 18.9 Å². The van der Waals surface area contributed by atoms with Crippen LogP contribution in [-0.2, 0) is 14.3 Å². The van der Waals surface area contributed by atoms with Crippen LogP contribution in [0.15, 0.2) is 23.3 Å². The van der Waals surface area contributed by atoms with Crippen molar-refractivity contribution in [3.63, 3.8) is 0 Å². The van der Waals surface area contributed by atoms with Gasteiger partial charge in [0.15, 0.2) is 17.3 Å². The summed E-state index contributed by atoms with van der Waals surface area (Å²) >= 11 is 0. The fourth-order valence-corrected chi connectivity index (χ4v) is 2.32. The standard InChI is InChI=1S/C17H24N2O5/c1-4-21-14-7-6-13(10-15(14)22-5-2)12-18-19-16(20)11-17(3)23-8-9-24-17/h6-7,10,12H,4-5,8-9,11H2,1-3H3,(H,19,20). The third-order valence-electron chi connectivity index (χ3n) is 3.35. The highest BCUT2D eigenvalue weighted by Crippen LogP contribution is 2.28. The van der Waals surface area contributed by atoms with E-state index in [4.69, 9.17) is 18.9 Å². The average molecular weight is 336 g/mol. The summed E-state index contributed by atoms with van der Waals surface area (Å²) in [6, 6.07) is 5.47. The fourth-order valence-electron chi connectivity index (χ4n) is 2.32. The van der Waals surface area contributed by atoms with Crippen LogP contribution in [0.2, 0.25) is 0 Å². The minimum atomic E-state index is -0.860. The topological polar surface area (TPSA) is 78.4 Å². The van der Waals surface area contributed by atoms with Crippen molar-refractivity contribution in [3.05, 3.63) is 23.8 Å². The molecule has 1 fully saturated rings. The van der Waals surface area contributed by atoms with Gasteiger partial charge in [0.2, 0.25) is 5.91 Å². The van der Waals surface area contributed by atoms with Crippen molar-refractivity contribution in [2.24, 2.45) is 5.10 Å². The lowest BCUT2D eigenvalue weighted by molar-refractivity contribution is -0.159. The van der Waals surface area contributed by atoms with Crippen molar-refractivity contribution < 1.29 is 23.7 Å². The van der Waals surface area contributed by atoms with Gasteiger partial charge in [-0.25, -0.2) is 5.43 Å². The van der Waals surface area contributed by atoms with E-state index < -0.39 is 5.79 Å². The Morgan fingerprint density at radius 1 is 1.25 bits per heavy atom. The number of carbonyl (C=O) groups is 1. The molecule has 1 heterocycles. The number of hydrogen-bond acceptors (Lipinski definition) is 6. The van der Waals surface area contributed by atoms with Gasteiger partial charge in [0.1, 0.15) is 0 Å². The van der Waals surface area contributed by atoms with Crippen molar-refractivity contribution in [1.29, 1.82) is 0 Å². The van der Waals surface area contributed by atoms with Crippen LogP contribution in [0.5, 0.6) is 11.5 Å². The first-order valence-corrected chi connectivity index (χ1v) is 8.06. The quantitative estimate of drug-likeness (QED) is 0.581. The van der Waals surface area contributed by atoms with E-state index in [2.05, 4.69) is 10.5 Å². The lowest BCUT2D eigenvalue weighted by atomic mass is 10.2. The van der Waals surface area contributed by atoms with Crippen molar-refractivity contribution in [2.45, 2.75) is 33.0 Å². The molecule has 0 radical (unpaired) electrons. The number of ether oxygens (including phenoxy) is 4. The Labute approximate surface area is 141 Å². The molecule has 0 aromatic heterocycles. The second-order valence-corrected chi connectivity index (χ2v) is 5.37. The molecule has 24 heavy (non-hydrogen) atoms. The van der Waals surface area contributed by atoms with Gasteiger partial charge in [-0.2, -0.15) is 5.10 Å². The summed E-state index contributed by atoms with van der Waals surface area (Å²) < 4.78 is 21.8. The Morgan fingerprint density at radius 3 is 2.58 bits per heavy atom. The van der Waals surface area contributed by atoms with Crippen LogP contribution in [0, 0.1) is 0 Å². The number of nitrogens with one attached hydrogen (secondary N) is 1. The monoisotopic (exact) mass is 336 g/mol. The zero-order chi connectivity index (χ0) is 17.4. The van der Waals surface area contributed by atoms with E-state index in [1.165, 1.54) is 0 Å². The number of carbonyl (C=O) groups excluding carboxylic acids is 1. The molecule has 1 aliphatic heterocycles. The average Bonchev–Trinajstić information content (AvgIpc) is 2.96. The van der Waals surface area contributed by atoms with Gasteiger partial charge in [0, 0.05) is 0 Å². The van der Waals surface area contributed by atoms with E-state index >= 15 is 0 Å². The van der Waals surface area contributed by atoms with Gasteiger partial charge in [0.05, 0.1) is 39.1 Å². The zero-order valence-electron chi connectivity index (χ0n) is 14.3. The summed E-state index contributed by atoms with van der Waals surface area (Å²) in [5, 5.41) is 3.96. The number of benzene rings is 1. The Bertz CT molecular complexity index is 582. The molecule has 2 rings (SSSR count). The molecule has 1 aliphatic rings. The van der Waals surface area contributed by atoms with Crippen molar-refractivity contribution >= 4 is 12.1 Å². The number of nitrogens with zero attached hydrogens (tertiary/aromatic N) is 1. The Hall–Kier alpha value is -2.12. The van der Waals surface area contributed by atoms with Crippen molar-refractivity contribution in [1.82, 2.24) is 5.43 Å². The molecule has 7 heteroatoms. The molecule has 0 bridgehead atoms. The predicted molar refractivity (Wildman–Crippen MR) is 89.4 cm³/mol. The van der Waals surface area contributed by atoms with E-state index in [1.54, 1.807) is 13.1 Å². The van der Waals surface area contributed by atoms with Gasteiger partial charge in [-0.15, -0.1) is 0 Å². The molecule has 1 aromatic carbocycles. The van der Waals surface area contributed by atoms with E-state index in [-0.39, 0.29) is 12.3 Å². The summed E-state index contributed by atoms with van der Waals surface area (Å²) in [6.45, 7) is 7.66. The summed E-state index contributed by atoms with van der Waals surface area (Å²) in [5.41, 5.74) is 3.27. The third-order valence-corrected chi connectivity index (χ3v) is 3.35. The Balaban J connectivity index is 1.93. The fraction of sp³-hybridized carbons (Fsp3) is 0.529. The maximum absolute atomic E-state index is 11.9. The van der Waals surface area contributed by atoms with Crippen LogP contribution in [0.3, 0.4) is 0 Å². The highest BCUT2D eigenvalue weighted by Gasteiger charge is 2.33. The summed E-state index contributed by atoms with van der Waals surface area (Å²) in [7, 11) is 0. The van der Waals surface area contributed by atoms with E-state index in [0.717, 1.165) is 5.56 Å². The first kappa shape index (κ1) is 18.2. The molecule has 0 saturated carbocycles. The third kappa shape index (κ3) is 5.21. The van der Waals surface area contributed by atoms with Crippen LogP contribution in [0.25, 0.3) is 0 Å². The Morgan fingerprint density at radius 2 is 1.92 bits per heavy atom. The minimum Gasteiger partial charge on any atom is -0.490 e. The predicted octanol–water partition coefficient (Wildman–Crippen LogP) is 2.09. The molecular formula is C17H24N2O5. The second-order valence-electron chi connectivity index (χ2n) is 5.37. The first-order valence-electron chi connectivity index (χ1n) is 8.06. The molecule has 132 valence electrons. The normalized spacial score (nSPS) is 16.3. The maximum Gasteiger partial charge on any atom is 0.245 e. The zero-order valence-corrected chi connectivity index (χ0v) is 14.3. The second kappa shape index (κ2) is 8.65. The van der Waals surface area contributed by atoms with E-state index in [1.807, 2.05) is 32.0 Å². The molecule has 0 unspecified atom stereocenters.